The molecule has 15 nitrogen and oxygen atoms in total. The van der Waals surface area contributed by atoms with E-state index in [2.05, 4.69) is 63.4 Å². The normalized spacial score (nSPS) is 31.4. The predicted octanol–water partition coefficient (Wildman–Crippen LogP) is 4.75. The molecule has 7 aliphatic rings. The van der Waals surface area contributed by atoms with Gasteiger partial charge in [-0.05, 0) is 97.5 Å². The summed E-state index contributed by atoms with van der Waals surface area (Å²) in [5, 5.41) is 24.5. The molecule has 8 atom stereocenters. The van der Waals surface area contributed by atoms with Crippen LogP contribution in [0.4, 0.5) is 15.3 Å². The zero-order chi connectivity index (χ0) is 44.5. The lowest BCUT2D eigenvalue weighted by Gasteiger charge is -2.58. The first-order valence-electron chi connectivity index (χ1n) is 21.7. The maximum absolute atomic E-state index is 14.8. The molecule has 328 valence electrons. The number of nitrogens with one attached hydrogen (secondary N) is 2. The van der Waals surface area contributed by atoms with Crippen molar-refractivity contribution in [2.75, 3.05) is 18.0 Å². The Morgan fingerprint density at radius 1 is 0.597 bits per heavy atom. The first-order valence-corrected chi connectivity index (χ1v) is 21.7. The third-order valence-corrected chi connectivity index (χ3v) is 15.3. The third kappa shape index (κ3) is 6.21. The Kier molecular flexibility index (Phi) is 10.7. The van der Waals surface area contributed by atoms with Crippen molar-refractivity contribution in [2.45, 2.75) is 131 Å². The number of rotatable bonds is 12. The summed E-state index contributed by atoms with van der Waals surface area (Å²) in [7, 11) is 0. The Labute approximate surface area is 361 Å². The lowest BCUT2D eigenvalue weighted by molar-refractivity contribution is -0.144. The summed E-state index contributed by atoms with van der Waals surface area (Å²) in [5.74, 6) is -2.45. The van der Waals surface area contributed by atoms with E-state index in [9.17, 15) is 39.0 Å². The maximum atomic E-state index is 14.8. The molecule has 15 heteroatoms. The average Bonchev–Trinajstić information content (AvgIpc) is 3.98. The number of anilines is 1. The van der Waals surface area contributed by atoms with Gasteiger partial charge >= 0.3 is 12.2 Å². The number of nitrogens with zero attached hydrogens (tertiary/aromatic N) is 3. The highest BCUT2D eigenvalue weighted by molar-refractivity contribution is 6.01. The topological polar surface area (TPSA) is 229 Å². The van der Waals surface area contributed by atoms with Crippen LogP contribution < -0.4 is 27.0 Å². The number of amides is 6. The van der Waals surface area contributed by atoms with E-state index in [1.807, 2.05) is 62.4 Å². The van der Waals surface area contributed by atoms with Crippen molar-refractivity contribution in [1.82, 2.24) is 20.4 Å². The molecule has 0 aromatic heterocycles. The average molecular weight is 848 g/mol. The Morgan fingerprint density at radius 2 is 0.968 bits per heavy atom. The zero-order valence-electron chi connectivity index (χ0n) is 35.7. The second-order valence-electron chi connectivity index (χ2n) is 18.7. The van der Waals surface area contributed by atoms with Gasteiger partial charge in [0.2, 0.25) is 11.8 Å². The fourth-order valence-corrected chi connectivity index (χ4v) is 13.0. The van der Waals surface area contributed by atoms with Gasteiger partial charge in [-0.2, -0.15) is 0 Å². The summed E-state index contributed by atoms with van der Waals surface area (Å²) in [4.78, 5) is 87.0. The van der Waals surface area contributed by atoms with Crippen molar-refractivity contribution in [2.24, 2.45) is 11.5 Å². The third-order valence-electron chi connectivity index (χ3n) is 15.3. The monoisotopic (exact) mass is 847 g/mol. The van der Waals surface area contributed by atoms with Crippen LogP contribution >= 0.6 is 0 Å². The van der Waals surface area contributed by atoms with E-state index < -0.39 is 57.7 Å². The number of primary amides is 2. The molecule has 3 aromatic rings. The van der Waals surface area contributed by atoms with E-state index in [1.165, 1.54) is 0 Å². The first-order chi connectivity index (χ1) is 29.4. The van der Waals surface area contributed by atoms with Gasteiger partial charge in [0.05, 0.1) is 0 Å². The van der Waals surface area contributed by atoms with E-state index in [4.69, 9.17) is 11.5 Å². The summed E-state index contributed by atoms with van der Waals surface area (Å²) in [5.41, 5.74) is 10.9. The van der Waals surface area contributed by atoms with E-state index in [0.717, 1.165) is 11.3 Å². The molecule has 4 unspecified atom stereocenters. The van der Waals surface area contributed by atoms with Crippen LogP contribution in [0.25, 0.3) is 0 Å². The van der Waals surface area contributed by atoms with E-state index in [-0.39, 0.29) is 42.9 Å². The number of carbonyl (C=O) groups is 6. The van der Waals surface area contributed by atoms with Crippen molar-refractivity contribution in [3.05, 3.63) is 101 Å². The van der Waals surface area contributed by atoms with Crippen LogP contribution in [0.3, 0.4) is 0 Å². The number of benzene rings is 3. The SMILES string of the molecule is CC(C)c1ccc(N2[C@@H](C3CCCN3[C@@]3(C(=O)NC(=O)O)c4ccc(cc4)C3(C)CC(N)=O)CC[C@@H]2C2CCCN2[C@@]2(C(=O)NC(=O)O)c3ccc(cc3)C2(C)CC(N)=O)cc1. The summed E-state index contributed by atoms with van der Waals surface area (Å²) in [6, 6.07) is 22.2. The molecule has 10 rings (SSSR count). The van der Waals surface area contributed by atoms with Crippen LogP contribution in [0.1, 0.15) is 113 Å². The van der Waals surface area contributed by atoms with Gasteiger partial charge in [-0.25, -0.2) is 9.59 Å². The van der Waals surface area contributed by atoms with Crippen molar-refractivity contribution in [3.63, 3.8) is 0 Å². The summed E-state index contributed by atoms with van der Waals surface area (Å²) < 4.78 is 0. The maximum Gasteiger partial charge on any atom is 0.411 e. The fraction of sp³-hybridized carbons (Fsp3) is 0.489. The van der Waals surface area contributed by atoms with Crippen LogP contribution in [-0.4, -0.2) is 93.1 Å². The van der Waals surface area contributed by atoms with Crippen molar-refractivity contribution in [1.29, 1.82) is 0 Å². The number of imide groups is 2. The summed E-state index contributed by atoms with van der Waals surface area (Å²) in [6.07, 6.45) is 0.684. The Hall–Kier alpha value is -5.80. The molecule has 3 saturated heterocycles. The second-order valence-corrected chi connectivity index (χ2v) is 18.7. The number of carboxylic acid groups (broad SMARTS) is 2. The van der Waals surface area contributed by atoms with Gasteiger partial charge in [-0.3, -0.25) is 39.6 Å². The number of hydrogen-bond acceptors (Lipinski definition) is 9. The standard InChI is InChI=1S/C47H57N7O8/c1-27(2)28-9-19-33(20-10-28)54-36(34-7-5-23-52(34)46(40(57)50-42(59)60)31-15-11-29(12-16-31)44(46,3)25-38(48)55)21-22-37(54)35-8-6-24-53(35)47(41(58)51-43(61)62)32-17-13-30(14-18-32)45(47,4)26-39(49)56/h9-20,27,34-37H,5-8,21-26H2,1-4H3,(H2,48,55)(H2,49,56)(H,50,57)(H,51,58)(H,59,60)(H,61,62)/t34?,35?,36-,37-,44?,45?,46-,47-/m1/s1. The van der Waals surface area contributed by atoms with Crippen molar-refractivity contribution >= 4 is 41.5 Å². The lowest BCUT2D eigenvalue weighted by Crippen LogP contribution is -2.72. The summed E-state index contributed by atoms with van der Waals surface area (Å²) >= 11 is 0. The smallest absolute Gasteiger partial charge is 0.411 e. The summed E-state index contributed by atoms with van der Waals surface area (Å²) in [6.45, 7) is 8.81. The number of nitrogens with two attached hydrogens (primary N) is 2. The molecule has 3 aromatic carbocycles. The number of fused-ring (bicyclic) bond motifs is 6. The van der Waals surface area contributed by atoms with Gasteiger partial charge in [0.15, 0.2) is 0 Å². The highest BCUT2D eigenvalue weighted by atomic mass is 16.4. The molecule has 62 heavy (non-hydrogen) atoms. The zero-order valence-corrected chi connectivity index (χ0v) is 35.7. The molecule has 6 amide bonds. The molecule has 4 aliphatic carbocycles. The van der Waals surface area contributed by atoms with Crippen LogP contribution in [0.15, 0.2) is 72.8 Å². The number of hydrogen-bond donors (Lipinski definition) is 6. The van der Waals surface area contributed by atoms with Crippen molar-refractivity contribution < 1.29 is 39.0 Å². The Morgan fingerprint density at radius 3 is 1.31 bits per heavy atom. The number of carbonyl (C=O) groups excluding carboxylic acids is 4. The van der Waals surface area contributed by atoms with Crippen LogP contribution in [-0.2, 0) is 41.1 Å². The second kappa shape index (κ2) is 15.5. The molecular formula is C47H57N7O8. The van der Waals surface area contributed by atoms with Gasteiger partial charge in [0.25, 0.3) is 11.8 Å². The first kappa shape index (κ1) is 42.9. The van der Waals surface area contributed by atoms with Gasteiger partial charge in [0, 0.05) is 53.5 Å². The lowest BCUT2D eigenvalue weighted by atomic mass is 9.56. The molecule has 0 spiro atoms. The van der Waals surface area contributed by atoms with E-state index in [0.29, 0.717) is 73.9 Å². The molecule has 4 bridgehead atoms. The minimum atomic E-state index is -1.60. The molecule has 8 N–H and O–H groups in total. The largest absolute Gasteiger partial charge is 0.465 e. The van der Waals surface area contributed by atoms with Gasteiger partial charge in [-0.15, -0.1) is 0 Å². The molecule has 3 heterocycles. The Bertz CT molecular complexity index is 2170. The molecule has 0 radical (unpaired) electrons. The van der Waals surface area contributed by atoms with E-state index in [1.54, 1.807) is 0 Å². The van der Waals surface area contributed by atoms with Gasteiger partial charge in [-0.1, -0.05) is 88.4 Å². The highest BCUT2D eigenvalue weighted by Gasteiger charge is 2.67. The Balaban J connectivity index is 1.28. The molecule has 3 fully saturated rings. The number of likely N-dealkylation sites (tertiary alicyclic amines) is 2. The van der Waals surface area contributed by atoms with Gasteiger partial charge < -0.3 is 26.6 Å². The molecule has 0 saturated carbocycles. The van der Waals surface area contributed by atoms with Crippen LogP contribution in [0, 0.1) is 0 Å². The fourth-order valence-electron chi connectivity index (χ4n) is 13.0. The van der Waals surface area contributed by atoms with Crippen LogP contribution in [0.5, 0.6) is 0 Å². The minimum Gasteiger partial charge on any atom is -0.465 e. The molecular weight excluding hydrogens is 791 g/mol. The van der Waals surface area contributed by atoms with Crippen LogP contribution in [0.2, 0.25) is 0 Å². The highest BCUT2D eigenvalue weighted by Crippen LogP contribution is 2.58. The quantitative estimate of drug-likeness (QED) is 0.146. The van der Waals surface area contributed by atoms with Gasteiger partial charge in [0.1, 0.15) is 11.1 Å². The predicted molar refractivity (Wildman–Crippen MR) is 230 cm³/mol. The van der Waals surface area contributed by atoms with Crippen molar-refractivity contribution in [3.8, 4) is 0 Å². The molecule has 3 aliphatic heterocycles. The minimum absolute atomic E-state index is 0.202. The van der Waals surface area contributed by atoms with E-state index >= 15 is 0 Å².